The Morgan fingerprint density at radius 3 is 2.58 bits per heavy atom. The maximum atomic E-state index is 9.64. The Balaban J connectivity index is 2.20. The largest absolute Gasteiger partial charge is 0.500 e. The topological polar surface area (TPSA) is 80.2 Å². The molecule has 0 amide bonds. The Kier molecular flexibility index (Phi) is 6.77. The molecule has 3 N–H and O–H groups in total. The smallest absolute Gasteiger partial charge is 0.163 e. The second-order valence-electron chi connectivity index (χ2n) is 6.16. The van der Waals surface area contributed by atoms with Gasteiger partial charge in [-0.05, 0) is 25.5 Å². The Labute approximate surface area is 143 Å². The summed E-state index contributed by atoms with van der Waals surface area (Å²) >= 11 is 0. The van der Waals surface area contributed by atoms with Crippen LogP contribution in [0.5, 0.6) is 0 Å². The van der Waals surface area contributed by atoms with E-state index in [1.165, 1.54) is 0 Å². The van der Waals surface area contributed by atoms with Crippen molar-refractivity contribution >= 4 is 0 Å². The van der Waals surface area contributed by atoms with Crippen LogP contribution >= 0.6 is 0 Å². The van der Waals surface area contributed by atoms with Gasteiger partial charge in [-0.1, -0.05) is 30.3 Å². The number of aliphatic hydroxyl groups excluding tert-OH is 2. The van der Waals surface area contributed by atoms with Crippen LogP contribution in [0.4, 0.5) is 0 Å². The second kappa shape index (κ2) is 8.60. The van der Waals surface area contributed by atoms with Gasteiger partial charge < -0.3 is 29.7 Å². The zero-order valence-electron chi connectivity index (χ0n) is 14.4. The summed E-state index contributed by atoms with van der Waals surface area (Å²) in [6.45, 7) is 3.91. The molecule has 6 heteroatoms. The lowest BCUT2D eigenvalue weighted by Crippen LogP contribution is -2.47. The van der Waals surface area contributed by atoms with Crippen molar-refractivity contribution in [2.24, 2.45) is 0 Å². The predicted molar refractivity (Wildman–Crippen MR) is 90.2 cm³/mol. The molecule has 0 saturated carbocycles. The van der Waals surface area contributed by atoms with Crippen molar-refractivity contribution in [1.82, 2.24) is 5.32 Å². The average molecular weight is 337 g/mol. The van der Waals surface area contributed by atoms with Crippen molar-refractivity contribution in [1.29, 1.82) is 0 Å². The Hall–Kier alpha value is -1.44. The maximum Gasteiger partial charge on any atom is 0.163 e. The third-order valence-electron chi connectivity index (χ3n) is 3.93. The summed E-state index contributed by atoms with van der Waals surface area (Å²) in [4.78, 5) is 0. The lowest BCUT2D eigenvalue weighted by Gasteiger charge is -2.28. The van der Waals surface area contributed by atoms with E-state index in [-0.39, 0.29) is 19.3 Å². The van der Waals surface area contributed by atoms with Crippen molar-refractivity contribution in [3.63, 3.8) is 0 Å². The van der Waals surface area contributed by atoms with Gasteiger partial charge in [-0.3, -0.25) is 0 Å². The summed E-state index contributed by atoms with van der Waals surface area (Å²) in [5, 5.41) is 22.3. The van der Waals surface area contributed by atoms with E-state index in [2.05, 4.69) is 5.32 Å². The van der Waals surface area contributed by atoms with Crippen LogP contribution in [0.15, 0.2) is 42.2 Å². The van der Waals surface area contributed by atoms with Crippen molar-refractivity contribution in [3.05, 3.63) is 47.7 Å². The van der Waals surface area contributed by atoms with Gasteiger partial charge in [0, 0.05) is 6.54 Å². The van der Waals surface area contributed by atoms with E-state index in [0.717, 1.165) is 5.56 Å². The average Bonchev–Trinajstić information content (AvgIpc) is 2.89. The molecule has 3 atom stereocenters. The van der Waals surface area contributed by atoms with Crippen LogP contribution < -0.4 is 5.32 Å². The van der Waals surface area contributed by atoms with E-state index in [1.54, 1.807) is 13.2 Å². The molecule has 1 saturated heterocycles. The Morgan fingerprint density at radius 2 is 2.00 bits per heavy atom. The zero-order valence-corrected chi connectivity index (χ0v) is 14.4. The molecular weight excluding hydrogens is 310 g/mol. The fourth-order valence-corrected chi connectivity index (χ4v) is 2.92. The zero-order chi connectivity index (χ0) is 17.6. The Bertz CT molecular complexity index is 531. The van der Waals surface area contributed by atoms with Gasteiger partial charge >= 0.3 is 0 Å². The molecule has 0 unspecified atom stereocenters. The van der Waals surface area contributed by atoms with E-state index in [9.17, 15) is 10.2 Å². The molecule has 0 aromatic heterocycles. The lowest BCUT2D eigenvalue weighted by atomic mass is 10.0. The lowest BCUT2D eigenvalue weighted by molar-refractivity contribution is -0.151. The van der Waals surface area contributed by atoms with E-state index in [4.69, 9.17) is 14.2 Å². The SMILES string of the molecule is CO/C(=C/CO)[C@@H](NCc1ccccc1)[C@H]1OC(C)(C)O[C@H]1CO. The van der Waals surface area contributed by atoms with Crippen LogP contribution in [0.3, 0.4) is 0 Å². The van der Waals surface area contributed by atoms with Gasteiger partial charge in [0.05, 0.1) is 26.4 Å². The van der Waals surface area contributed by atoms with Gasteiger partial charge in [-0.15, -0.1) is 0 Å². The summed E-state index contributed by atoms with van der Waals surface area (Å²) in [5.41, 5.74) is 1.11. The van der Waals surface area contributed by atoms with E-state index in [0.29, 0.717) is 12.3 Å². The molecule has 1 aromatic carbocycles. The van der Waals surface area contributed by atoms with Crippen LogP contribution in [-0.4, -0.2) is 54.6 Å². The third-order valence-corrected chi connectivity index (χ3v) is 3.93. The first kappa shape index (κ1) is 18.9. The first-order chi connectivity index (χ1) is 11.5. The van der Waals surface area contributed by atoms with Gasteiger partial charge in [0.25, 0.3) is 0 Å². The molecule has 1 aliphatic rings. The monoisotopic (exact) mass is 337 g/mol. The van der Waals surface area contributed by atoms with Crippen molar-refractivity contribution in [2.45, 2.75) is 44.4 Å². The van der Waals surface area contributed by atoms with E-state index >= 15 is 0 Å². The number of aliphatic hydroxyl groups is 2. The quantitative estimate of drug-likeness (QED) is 0.618. The number of ether oxygens (including phenoxy) is 3. The van der Waals surface area contributed by atoms with Crippen LogP contribution in [-0.2, 0) is 20.8 Å². The molecule has 1 aliphatic heterocycles. The highest BCUT2D eigenvalue weighted by Gasteiger charge is 2.46. The van der Waals surface area contributed by atoms with E-state index < -0.39 is 18.0 Å². The molecule has 0 bridgehead atoms. The van der Waals surface area contributed by atoms with Crippen molar-refractivity contribution in [2.75, 3.05) is 20.3 Å². The molecule has 0 radical (unpaired) electrons. The fourth-order valence-electron chi connectivity index (χ4n) is 2.92. The minimum absolute atomic E-state index is 0.145. The molecule has 0 aliphatic carbocycles. The van der Waals surface area contributed by atoms with Crippen molar-refractivity contribution < 1.29 is 24.4 Å². The molecule has 0 spiro atoms. The molecule has 2 rings (SSSR count). The highest BCUT2D eigenvalue weighted by atomic mass is 16.8. The summed E-state index contributed by atoms with van der Waals surface area (Å²) in [6, 6.07) is 9.59. The third kappa shape index (κ3) is 4.78. The second-order valence-corrected chi connectivity index (χ2v) is 6.16. The normalized spacial score (nSPS) is 24.8. The number of rotatable bonds is 8. The molecule has 1 fully saturated rings. The number of hydrogen-bond acceptors (Lipinski definition) is 6. The van der Waals surface area contributed by atoms with E-state index in [1.807, 2.05) is 44.2 Å². The summed E-state index contributed by atoms with van der Waals surface area (Å²) in [6.07, 6.45) is 0.670. The van der Waals surface area contributed by atoms with Crippen molar-refractivity contribution in [3.8, 4) is 0 Å². The number of benzene rings is 1. The van der Waals surface area contributed by atoms with Gasteiger partial charge in [0.1, 0.15) is 18.0 Å². The molecule has 134 valence electrons. The standard InChI is InChI=1S/C18H27NO5/c1-18(2)23-15(12-21)17(24-18)16(14(22-3)9-10-20)19-11-13-7-5-4-6-8-13/h4-9,15-17,19-21H,10-12H2,1-3H3/b14-9+/t15-,16+,17-/m0/s1. The number of nitrogens with one attached hydrogen (secondary N) is 1. The first-order valence-electron chi connectivity index (χ1n) is 8.09. The first-order valence-corrected chi connectivity index (χ1v) is 8.09. The fraction of sp³-hybridized carbons (Fsp3) is 0.556. The van der Waals surface area contributed by atoms with Crippen LogP contribution in [0.25, 0.3) is 0 Å². The van der Waals surface area contributed by atoms with Crippen LogP contribution in [0.2, 0.25) is 0 Å². The number of methoxy groups -OCH3 is 1. The highest BCUT2D eigenvalue weighted by Crippen LogP contribution is 2.32. The van der Waals surface area contributed by atoms with Crippen LogP contribution in [0, 0.1) is 0 Å². The number of hydrogen-bond donors (Lipinski definition) is 3. The highest BCUT2D eigenvalue weighted by molar-refractivity contribution is 5.16. The van der Waals surface area contributed by atoms with Gasteiger partial charge in [-0.2, -0.15) is 0 Å². The maximum absolute atomic E-state index is 9.64. The van der Waals surface area contributed by atoms with Gasteiger partial charge in [-0.25, -0.2) is 0 Å². The molecule has 1 heterocycles. The minimum atomic E-state index is -0.789. The van der Waals surface area contributed by atoms with Crippen LogP contribution in [0.1, 0.15) is 19.4 Å². The summed E-state index contributed by atoms with van der Waals surface area (Å²) < 4.78 is 17.2. The predicted octanol–water partition coefficient (Wildman–Crippen LogP) is 1.18. The summed E-state index contributed by atoms with van der Waals surface area (Å²) in [5.74, 6) is -0.235. The molecule has 6 nitrogen and oxygen atoms in total. The molecule has 1 aromatic rings. The molecule has 24 heavy (non-hydrogen) atoms. The Morgan fingerprint density at radius 1 is 1.29 bits per heavy atom. The summed E-state index contributed by atoms with van der Waals surface area (Å²) in [7, 11) is 1.55. The molecular formula is C18H27NO5. The minimum Gasteiger partial charge on any atom is -0.500 e. The van der Waals surface area contributed by atoms with Gasteiger partial charge in [0.2, 0.25) is 0 Å². The van der Waals surface area contributed by atoms with Gasteiger partial charge in [0.15, 0.2) is 5.79 Å².